The van der Waals surface area contributed by atoms with Gasteiger partial charge in [-0.2, -0.15) is 0 Å². The summed E-state index contributed by atoms with van der Waals surface area (Å²) in [7, 11) is 0. The van der Waals surface area contributed by atoms with Crippen molar-refractivity contribution in [3.63, 3.8) is 0 Å². The molecule has 0 bridgehead atoms. The van der Waals surface area contributed by atoms with E-state index in [1.807, 2.05) is 79.7 Å². The molecule has 0 aliphatic rings. The smallest absolute Gasteiger partial charge is 0.238 e. The van der Waals surface area contributed by atoms with Crippen LogP contribution in [0.25, 0.3) is 0 Å². The Kier molecular flexibility index (Phi) is 6.55. The van der Waals surface area contributed by atoms with Crippen molar-refractivity contribution in [3.05, 3.63) is 90.3 Å². The Morgan fingerprint density at radius 1 is 1.00 bits per heavy atom. The van der Waals surface area contributed by atoms with E-state index in [0.29, 0.717) is 18.0 Å². The second-order valence-corrected chi connectivity index (χ2v) is 5.96. The zero-order chi connectivity index (χ0) is 18.9. The molecule has 0 radical (unpaired) electrons. The summed E-state index contributed by atoms with van der Waals surface area (Å²) in [6, 6.07) is 23.0. The number of para-hydroxylation sites is 2. The molecule has 3 rings (SSSR count). The van der Waals surface area contributed by atoms with Gasteiger partial charge in [0.25, 0.3) is 0 Å². The van der Waals surface area contributed by atoms with E-state index in [1.165, 1.54) is 0 Å². The molecule has 1 unspecified atom stereocenters. The van der Waals surface area contributed by atoms with Crippen LogP contribution >= 0.6 is 0 Å². The lowest BCUT2D eigenvalue weighted by atomic mass is 10.0. The summed E-state index contributed by atoms with van der Waals surface area (Å²) >= 11 is 0. The van der Waals surface area contributed by atoms with E-state index in [4.69, 9.17) is 4.74 Å². The summed E-state index contributed by atoms with van der Waals surface area (Å²) < 4.78 is 5.56. The minimum Gasteiger partial charge on any atom is -0.492 e. The predicted molar refractivity (Wildman–Crippen MR) is 107 cm³/mol. The minimum atomic E-state index is -0.166. The molecule has 2 N–H and O–H groups in total. The van der Waals surface area contributed by atoms with E-state index in [-0.39, 0.29) is 18.5 Å². The summed E-state index contributed by atoms with van der Waals surface area (Å²) in [6.45, 7) is 2.61. The maximum atomic E-state index is 12.5. The number of benzene rings is 2. The summed E-state index contributed by atoms with van der Waals surface area (Å²) in [5.74, 6) is 0.525. The minimum absolute atomic E-state index is 0.140. The van der Waals surface area contributed by atoms with Crippen LogP contribution in [0.1, 0.15) is 24.2 Å². The normalized spacial score (nSPS) is 11.6. The number of rotatable bonds is 8. The number of nitrogens with one attached hydrogen (secondary N) is 2. The van der Waals surface area contributed by atoms with Crippen molar-refractivity contribution in [2.45, 2.75) is 13.0 Å². The van der Waals surface area contributed by atoms with E-state index >= 15 is 0 Å². The van der Waals surface area contributed by atoms with E-state index in [9.17, 15) is 4.79 Å². The van der Waals surface area contributed by atoms with Crippen LogP contribution in [0.3, 0.4) is 0 Å². The van der Waals surface area contributed by atoms with Crippen molar-refractivity contribution >= 4 is 11.6 Å². The molecule has 5 nitrogen and oxygen atoms in total. The Morgan fingerprint density at radius 2 is 1.74 bits per heavy atom. The number of amides is 1. The van der Waals surface area contributed by atoms with Crippen molar-refractivity contribution in [1.82, 2.24) is 10.3 Å². The first-order valence-corrected chi connectivity index (χ1v) is 8.99. The van der Waals surface area contributed by atoms with Gasteiger partial charge in [0.05, 0.1) is 30.6 Å². The molecule has 0 spiro atoms. The molecule has 0 aliphatic carbocycles. The van der Waals surface area contributed by atoms with Crippen molar-refractivity contribution in [2.24, 2.45) is 0 Å². The standard InChI is InChI=1S/C22H23N3O2/c1-2-27-20-14-7-6-12-18(20)25-21(26)16-24-22(17-10-4-3-5-11-17)19-13-8-9-15-23-19/h3-15,22,24H,2,16H2,1H3,(H,25,26). The number of ether oxygens (including phenoxy) is 1. The lowest BCUT2D eigenvalue weighted by molar-refractivity contribution is -0.115. The highest BCUT2D eigenvalue weighted by atomic mass is 16.5. The molecular formula is C22H23N3O2. The summed E-state index contributed by atoms with van der Waals surface area (Å²) in [4.78, 5) is 16.9. The second-order valence-electron chi connectivity index (χ2n) is 5.96. The van der Waals surface area contributed by atoms with E-state index in [2.05, 4.69) is 15.6 Å². The Balaban J connectivity index is 1.70. The van der Waals surface area contributed by atoms with Crippen LogP contribution in [0.15, 0.2) is 79.0 Å². The van der Waals surface area contributed by atoms with Crippen LogP contribution in [0, 0.1) is 0 Å². The van der Waals surface area contributed by atoms with Gasteiger partial charge in [0.2, 0.25) is 5.91 Å². The second kappa shape index (κ2) is 9.50. The third-order valence-electron chi connectivity index (χ3n) is 4.04. The van der Waals surface area contributed by atoms with Gasteiger partial charge < -0.3 is 10.1 Å². The molecule has 1 amide bonds. The van der Waals surface area contributed by atoms with Gasteiger partial charge in [-0.25, -0.2) is 0 Å². The fourth-order valence-electron chi connectivity index (χ4n) is 2.83. The molecule has 27 heavy (non-hydrogen) atoms. The first-order valence-electron chi connectivity index (χ1n) is 8.99. The molecule has 0 fully saturated rings. The molecule has 138 valence electrons. The summed E-state index contributed by atoms with van der Waals surface area (Å²) in [6.07, 6.45) is 1.76. The van der Waals surface area contributed by atoms with Crippen LogP contribution < -0.4 is 15.4 Å². The Bertz CT molecular complexity index is 814. The molecule has 1 aromatic heterocycles. The summed E-state index contributed by atoms with van der Waals surface area (Å²) in [5.41, 5.74) is 2.59. The first kappa shape index (κ1) is 18.6. The van der Waals surface area contributed by atoms with Crippen LogP contribution in [-0.4, -0.2) is 24.0 Å². The van der Waals surface area contributed by atoms with Crippen LogP contribution in [0.2, 0.25) is 0 Å². The third-order valence-corrected chi connectivity index (χ3v) is 4.04. The highest BCUT2D eigenvalue weighted by Crippen LogP contribution is 2.24. The Morgan fingerprint density at radius 3 is 2.48 bits per heavy atom. The van der Waals surface area contributed by atoms with Gasteiger partial charge in [-0.3, -0.25) is 15.1 Å². The highest BCUT2D eigenvalue weighted by Gasteiger charge is 2.16. The van der Waals surface area contributed by atoms with E-state index in [1.54, 1.807) is 6.20 Å². The molecule has 0 saturated heterocycles. The number of hydrogen-bond acceptors (Lipinski definition) is 4. The lowest BCUT2D eigenvalue weighted by Crippen LogP contribution is -2.32. The van der Waals surface area contributed by atoms with Crippen molar-refractivity contribution in [2.75, 3.05) is 18.5 Å². The number of aromatic nitrogens is 1. The molecule has 5 heteroatoms. The molecule has 0 saturated carbocycles. The fourth-order valence-corrected chi connectivity index (χ4v) is 2.83. The number of hydrogen-bond donors (Lipinski definition) is 2. The zero-order valence-electron chi connectivity index (χ0n) is 15.3. The van der Waals surface area contributed by atoms with Gasteiger partial charge in [-0.15, -0.1) is 0 Å². The van der Waals surface area contributed by atoms with Crippen molar-refractivity contribution < 1.29 is 9.53 Å². The average Bonchev–Trinajstić information content (AvgIpc) is 2.71. The van der Waals surface area contributed by atoms with Gasteiger partial charge in [-0.1, -0.05) is 48.5 Å². The average molecular weight is 361 g/mol. The maximum absolute atomic E-state index is 12.5. The molecular weight excluding hydrogens is 338 g/mol. The molecule has 2 aromatic carbocycles. The van der Waals surface area contributed by atoms with Crippen LogP contribution in [0.5, 0.6) is 5.75 Å². The van der Waals surface area contributed by atoms with E-state index in [0.717, 1.165) is 11.3 Å². The number of carbonyl (C=O) groups excluding carboxylic acids is 1. The highest BCUT2D eigenvalue weighted by molar-refractivity contribution is 5.93. The molecule has 1 heterocycles. The first-order chi connectivity index (χ1) is 13.3. The number of pyridine rings is 1. The number of carbonyl (C=O) groups is 1. The molecule has 3 aromatic rings. The monoisotopic (exact) mass is 361 g/mol. The summed E-state index contributed by atoms with van der Waals surface area (Å²) in [5, 5.41) is 6.22. The van der Waals surface area contributed by atoms with Gasteiger partial charge in [-0.05, 0) is 36.8 Å². The van der Waals surface area contributed by atoms with Gasteiger partial charge in [0, 0.05) is 6.20 Å². The Hall–Kier alpha value is -3.18. The lowest BCUT2D eigenvalue weighted by Gasteiger charge is -2.19. The number of anilines is 1. The topological polar surface area (TPSA) is 63.2 Å². The van der Waals surface area contributed by atoms with Crippen LogP contribution in [-0.2, 0) is 4.79 Å². The molecule has 0 aliphatic heterocycles. The fraction of sp³-hybridized carbons (Fsp3) is 0.182. The quantitative estimate of drug-likeness (QED) is 0.641. The zero-order valence-corrected chi connectivity index (χ0v) is 15.3. The molecule has 1 atom stereocenters. The van der Waals surface area contributed by atoms with Gasteiger partial charge in [0.15, 0.2) is 0 Å². The van der Waals surface area contributed by atoms with Gasteiger partial charge in [0.1, 0.15) is 5.75 Å². The largest absolute Gasteiger partial charge is 0.492 e. The third kappa shape index (κ3) is 5.15. The number of nitrogens with zero attached hydrogens (tertiary/aromatic N) is 1. The van der Waals surface area contributed by atoms with Crippen molar-refractivity contribution in [3.8, 4) is 5.75 Å². The van der Waals surface area contributed by atoms with Crippen LogP contribution in [0.4, 0.5) is 5.69 Å². The Labute approximate surface area is 159 Å². The van der Waals surface area contributed by atoms with Gasteiger partial charge >= 0.3 is 0 Å². The van der Waals surface area contributed by atoms with Crippen molar-refractivity contribution in [1.29, 1.82) is 0 Å². The maximum Gasteiger partial charge on any atom is 0.238 e. The SMILES string of the molecule is CCOc1ccccc1NC(=O)CNC(c1ccccc1)c1ccccn1. The predicted octanol–water partition coefficient (Wildman–Crippen LogP) is 3.80. The van der Waals surface area contributed by atoms with E-state index < -0.39 is 0 Å².